The summed E-state index contributed by atoms with van der Waals surface area (Å²) >= 11 is 0. The summed E-state index contributed by atoms with van der Waals surface area (Å²) in [5, 5.41) is 3.25. The summed E-state index contributed by atoms with van der Waals surface area (Å²) in [4.78, 5) is 0. The maximum Gasteiger partial charge on any atom is 0.142 e. The second kappa shape index (κ2) is 5.74. The van der Waals surface area contributed by atoms with Gasteiger partial charge in [0, 0.05) is 11.8 Å². The summed E-state index contributed by atoms with van der Waals surface area (Å²) in [6.45, 7) is 4.26. The first-order valence-corrected chi connectivity index (χ1v) is 6.31. The summed E-state index contributed by atoms with van der Waals surface area (Å²) in [5.41, 5.74) is 2.80. The standard InChI is InChI=1S/C16H18FNO/c1-11(2)13-6-4-5-7-14(13)18-15-10-12(17)8-9-16(15)19-3/h4-11,18H,1-3H3. The fourth-order valence-electron chi connectivity index (χ4n) is 2.04. The number of rotatable bonds is 4. The van der Waals surface area contributed by atoms with Crippen molar-refractivity contribution in [2.75, 3.05) is 12.4 Å². The molecule has 0 saturated carbocycles. The molecule has 0 bridgehead atoms. The van der Waals surface area contributed by atoms with Crippen LogP contribution in [0.4, 0.5) is 15.8 Å². The fraction of sp³-hybridized carbons (Fsp3) is 0.250. The van der Waals surface area contributed by atoms with E-state index in [0.717, 1.165) is 5.69 Å². The van der Waals surface area contributed by atoms with Crippen molar-refractivity contribution in [3.05, 3.63) is 53.8 Å². The molecule has 0 fully saturated rings. The van der Waals surface area contributed by atoms with Gasteiger partial charge in [-0.25, -0.2) is 4.39 Å². The first kappa shape index (κ1) is 13.4. The molecule has 2 aromatic carbocycles. The van der Waals surface area contributed by atoms with Gasteiger partial charge >= 0.3 is 0 Å². The molecule has 0 amide bonds. The van der Waals surface area contributed by atoms with Crippen molar-refractivity contribution >= 4 is 11.4 Å². The van der Waals surface area contributed by atoms with Crippen LogP contribution in [0.15, 0.2) is 42.5 Å². The predicted octanol–water partition coefficient (Wildman–Crippen LogP) is 4.70. The van der Waals surface area contributed by atoms with Crippen molar-refractivity contribution in [2.45, 2.75) is 19.8 Å². The highest BCUT2D eigenvalue weighted by molar-refractivity contribution is 5.69. The van der Waals surface area contributed by atoms with Crippen molar-refractivity contribution in [2.24, 2.45) is 0 Å². The van der Waals surface area contributed by atoms with Crippen LogP contribution in [0.3, 0.4) is 0 Å². The van der Waals surface area contributed by atoms with Crippen LogP contribution in [-0.2, 0) is 0 Å². The number of hydrogen-bond donors (Lipinski definition) is 1. The average molecular weight is 259 g/mol. The van der Waals surface area contributed by atoms with Gasteiger partial charge in [0.15, 0.2) is 0 Å². The molecular formula is C16H18FNO. The van der Waals surface area contributed by atoms with Gasteiger partial charge in [-0.1, -0.05) is 32.0 Å². The summed E-state index contributed by atoms with van der Waals surface area (Å²) in [6.07, 6.45) is 0. The van der Waals surface area contributed by atoms with Gasteiger partial charge in [-0.15, -0.1) is 0 Å². The van der Waals surface area contributed by atoms with Gasteiger partial charge in [0.25, 0.3) is 0 Å². The highest BCUT2D eigenvalue weighted by atomic mass is 19.1. The van der Waals surface area contributed by atoms with Crippen LogP contribution in [0.2, 0.25) is 0 Å². The molecular weight excluding hydrogens is 241 g/mol. The van der Waals surface area contributed by atoms with E-state index in [0.29, 0.717) is 17.4 Å². The second-order valence-corrected chi connectivity index (χ2v) is 4.71. The lowest BCUT2D eigenvalue weighted by molar-refractivity contribution is 0.416. The highest BCUT2D eigenvalue weighted by Gasteiger charge is 2.09. The van der Waals surface area contributed by atoms with E-state index in [2.05, 4.69) is 25.2 Å². The van der Waals surface area contributed by atoms with Crippen LogP contribution in [0.25, 0.3) is 0 Å². The van der Waals surface area contributed by atoms with Gasteiger partial charge in [0.2, 0.25) is 0 Å². The summed E-state index contributed by atoms with van der Waals surface area (Å²) < 4.78 is 18.6. The molecule has 0 heterocycles. The minimum atomic E-state index is -0.287. The zero-order valence-electron chi connectivity index (χ0n) is 11.4. The third-order valence-corrected chi connectivity index (χ3v) is 3.01. The third-order valence-electron chi connectivity index (χ3n) is 3.01. The highest BCUT2D eigenvalue weighted by Crippen LogP contribution is 2.32. The average Bonchev–Trinajstić information content (AvgIpc) is 2.39. The van der Waals surface area contributed by atoms with Crippen LogP contribution in [-0.4, -0.2) is 7.11 Å². The number of nitrogens with one attached hydrogen (secondary N) is 1. The molecule has 0 radical (unpaired) electrons. The molecule has 0 aromatic heterocycles. The monoisotopic (exact) mass is 259 g/mol. The van der Waals surface area contributed by atoms with Crippen LogP contribution in [0.1, 0.15) is 25.3 Å². The van der Waals surface area contributed by atoms with Crippen molar-refractivity contribution in [3.8, 4) is 5.75 Å². The van der Waals surface area contributed by atoms with Gasteiger partial charge in [-0.2, -0.15) is 0 Å². The Morgan fingerprint density at radius 3 is 2.47 bits per heavy atom. The van der Waals surface area contributed by atoms with E-state index in [4.69, 9.17) is 4.74 Å². The lowest BCUT2D eigenvalue weighted by atomic mass is 10.0. The number of para-hydroxylation sites is 1. The van der Waals surface area contributed by atoms with Crippen molar-refractivity contribution < 1.29 is 9.13 Å². The molecule has 0 atom stereocenters. The predicted molar refractivity (Wildman–Crippen MR) is 76.8 cm³/mol. The Morgan fingerprint density at radius 2 is 1.79 bits per heavy atom. The molecule has 0 saturated heterocycles. The number of ether oxygens (including phenoxy) is 1. The molecule has 2 nitrogen and oxygen atoms in total. The summed E-state index contributed by atoms with van der Waals surface area (Å²) in [6, 6.07) is 12.5. The Labute approximate surface area is 113 Å². The van der Waals surface area contributed by atoms with Crippen molar-refractivity contribution in [1.82, 2.24) is 0 Å². The first-order valence-electron chi connectivity index (χ1n) is 6.31. The number of anilines is 2. The van der Waals surface area contributed by atoms with E-state index >= 15 is 0 Å². The lowest BCUT2D eigenvalue weighted by Gasteiger charge is -2.16. The van der Waals surface area contributed by atoms with Crippen LogP contribution in [0.5, 0.6) is 5.75 Å². The van der Waals surface area contributed by atoms with E-state index in [-0.39, 0.29) is 5.82 Å². The Morgan fingerprint density at radius 1 is 1.05 bits per heavy atom. The molecule has 0 unspecified atom stereocenters. The number of hydrogen-bond acceptors (Lipinski definition) is 2. The Bertz CT molecular complexity index is 566. The fourth-order valence-corrected chi connectivity index (χ4v) is 2.04. The topological polar surface area (TPSA) is 21.3 Å². The zero-order chi connectivity index (χ0) is 13.8. The second-order valence-electron chi connectivity index (χ2n) is 4.71. The maximum atomic E-state index is 13.3. The molecule has 0 aliphatic heterocycles. The Balaban J connectivity index is 2.38. The number of benzene rings is 2. The van der Waals surface area contributed by atoms with E-state index in [1.54, 1.807) is 13.2 Å². The maximum absolute atomic E-state index is 13.3. The molecule has 2 rings (SSSR count). The van der Waals surface area contributed by atoms with Crippen molar-refractivity contribution in [3.63, 3.8) is 0 Å². The Kier molecular flexibility index (Phi) is 4.05. The first-order chi connectivity index (χ1) is 9.11. The van der Waals surface area contributed by atoms with Gasteiger partial charge in [-0.05, 0) is 29.7 Å². The lowest BCUT2D eigenvalue weighted by Crippen LogP contribution is -1.99. The van der Waals surface area contributed by atoms with E-state index in [9.17, 15) is 4.39 Å². The van der Waals surface area contributed by atoms with Crippen LogP contribution in [0, 0.1) is 5.82 Å². The van der Waals surface area contributed by atoms with Gasteiger partial charge in [-0.3, -0.25) is 0 Å². The number of halogens is 1. The van der Waals surface area contributed by atoms with Crippen LogP contribution < -0.4 is 10.1 Å². The molecule has 2 aromatic rings. The number of methoxy groups -OCH3 is 1. The minimum absolute atomic E-state index is 0.287. The molecule has 0 aliphatic carbocycles. The molecule has 1 N–H and O–H groups in total. The molecule has 3 heteroatoms. The largest absolute Gasteiger partial charge is 0.495 e. The van der Waals surface area contributed by atoms with E-state index in [1.807, 2.05) is 18.2 Å². The molecule has 0 spiro atoms. The summed E-state index contributed by atoms with van der Waals surface area (Å²) in [5.74, 6) is 0.730. The molecule has 0 aliphatic rings. The van der Waals surface area contributed by atoms with E-state index < -0.39 is 0 Å². The van der Waals surface area contributed by atoms with Gasteiger partial charge in [0.05, 0.1) is 12.8 Å². The van der Waals surface area contributed by atoms with Gasteiger partial charge < -0.3 is 10.1 Å². The minimum Gasteiger partial charge on any atom is -0.495 e. The van der Waals surface area contributed by atoms with Gasteiger partial charge in [0.1, 0.15) is 11.6 Å². The smallest absolute Gasteiger partial charge is 0.142 e. The van der Waals surface area contributed by atoms with Crippen LogP contribution >= 0.6 is 0 Å². The molecule has 19 heavy (non-hydrogen) atoms. The quantitative estimate of drug-likeness (QED) is 0.859. The SMILES string of the molecule is COc1ccc(F)cc1Nc1ccccc1C(C)C. The zero-order valence-corrected chi connectivity index (χ0v) is 11.4. The normalized spacial score (nSPS) is 10.6. The molecule has 100 valence electrons. The van der Waals surface area contributed by atoms with Crippen molar-refractivity contribution in [1.29, 1.82) is 0 Å². The summed E-state index contributed by atoms with van der Waals surface area (Å²) in [7, 11) is 1.58. The Hall–Kier alpha value is -2.03. The van der Waals surface area contributed by atoms with E-state index in [1.165, 1.54) is 17.7 Å². The third kappa shape index (κ3) is 3.05.